The molecule has 0 aliphatic heterocycles. The van der Waals surface area contributed by atoms with Crippen molar-refractivity contribution in [2.24, 2.45) is 0 Å². The normalized spacial score (nSPS) is 11.0. The summed E-state index contributed by atoms with van der Waals surface area (Å²) in [5.74, 6) is 0.980. The van der Waals surface area contributed by atoms with Crippen LogP contribution in [-0.4, -0.2) is 17.5 Å². The molecule has 0 atom stereocenters. The van der Waals surface area contributed by atoms with Gasteiger partial charge in [-0.25, -0.2) is 4.98 Å². The quantitative estimate of drug-likeness (QED) is 0.304. The van der Waals surface area contributed by atoms with Gasteiger partial charge in [0, 0.05) is 23.1 Å². The third-order valence-corrected chi connectivity index (χ3v) is 6.58. The lowest BCUT2D eigenvalue weighted by Crippen LogP contribution is -2.28. The van der Waals surface area contributed by atoms with Gasteiger partial charge in [-0.3, -0.25) is 4.79 Å². The molecular formula is C29H30N2O2S. The predicted octanol–water partition coefficient (Wildman–Crippen LogP) is 6.91. The third-order valence-electron chi connectivity index (χ3n) is 5.69. The molecule has 0 fully saturated rings. The fourth-order valence-electron chi connectivity index (χ4n) is 3.67. The molecule has 0 saturated heterocycles. The molecule has 1 N–H and O–H groups in total. The number of hydrogen-bond acceptors (Lipinski definition) is 4. The number of ether oxygens (including phenoxy) is 1. The highest BCUT2D eigenvalue weighted by Crippen LogP contribution is 2.29. The number of carbonyl (C=O) groups excluding carboxylic acids is 1. The Morgan fingerprint density at radius 1 is 0.941 bits per heavy atom. The summed E-state index contributed by atoms with van der Waals surface area (Å²) in [6, 6.07) is 22.7. The highest BCUT2D eigenvalue weighted by molar-refractivity contribution is 7.13. The summed E-state index contributed by atoms with van der Waals surface area (Å²) in [5.41, 5.74) is 7.69. The van der Waals surface area contributed by atoms with Gasteiger partial charge in [0.25, 0.3) is 5.91 Å². The molecule has 4 aromatic rings. The largest absolute Gasteiger partial charge is 0.483 e. The minimum absolute atomic E-state index is 0.00214. The molecule has 1 aromatic heterocycles. The van der Waals surface area contributed by atoms with Crippen molar-refractivity contribution in [1.29, 1.82) is 0 Å². The van der Waals surface area contributed by atoms with Gasteiger partial charge in [-0.05, 0) is 42.5 Å². The van der Waals surface area contributed by atoms with Gasteiger partial charge >= 0.3 is 0 Å². The van der Waals surface area contributed by atoms with Crippen LogP contribution in [0.15, 0.2) is 72.1 Å². The number of nitrogens with zero attached hydrogens (tertiary/aromatic N) is 1. The molecule has 0 unspecified atom stereocenters. The lowest BCUT2D eigenvalue weighted by molar-refractivity contribution is -0.123. The summed E-state index contributed by atoms with van der Waals surface area (Å²) < 4.78 is 5.83. The number of benzene rings is 3. The number of aromatic nitrogens is 1. The molecule has 5 heteroatoms. The fraction of sp³-hybridized carbons (Fsp3) is 0.241. The number of amides is 1. The van der Waals surface area contributed by atoms with Crippen LogP contribution in [0.5, 0.6) is 5.75 Å². The Morgan fingerprint density at radius 2 is 1.62 bits per heavy atom. The molecular weight excluding hydrogens is 440 g/mol. The van der Waals surface area contributed by atoms with Gasteiger partial charge in [0.2, 0.25) is 0 Å². The van der Waals surface area contributed by atoms with Crippen LogP contribution < -0.4 is 10.1 Å². The second-order valence-corrected chi connectivity index (χ2v) is 9.72. The van der Waals surface area contributed by atoms with Crippen LogP contribution in [0.25, 0.3) is 21.8 Å². The molecule has 4 nitrogen and oxygen atoms in total. The average Bonchev–Trinajstić information content (AvgIpc) is 3.32. The van der Waals surface area contributed by atoms with Crippen molar-refractivity contribution in [3.63, 3.8) is 0 Å². The zero-order valence-electron chi connectivity index (χ0n) is 20.1. The standard InChI is InChI=1S/C29H30N2O2S/c1-19(2)25-14-7-21(4)15-27(25)33-17-28(32)30-16-22-8-12-24(13-9-22)29-31-26(18-34-29)23-10-5-20(3)6-11-23/h5-15,18-19H,16-17H2,1-4H3,(H,30,32). The maximum Gasteiger partial charge on any atom is 0.258 e. The predicted molar refractivity (Wildman–Crippen MR) is 140 cm³/mol. The van der Waals surface area contributed by atoms with Crippen molar-refractivity contribution in [3.8, 4) is 27.6 Å². The Morgan fingerprint density at radius 3 is 2.32 bits per heavy atom. The SMILES string of the molecule is Cc1ccc(-c2csc(-c3ccc(CNC(=O)COc4cc(C)ccc4C(C)C)cc3)n2)cc1. The molecule has 1 amide bonds. The van der Waals surface area contributed by atoms with E-state index >= 15 is 0 Å². The van der Waals surface area contributed by atoms with E-state index in [-0.39, 0.29) is 12.5 Å². The van der Waals surface area contributed by atoms with Gasteiger partial charge < -0.3 is 10.1 Å². The summed E-state index contributed by atoms with van der Waals surface area (Å²) in [7, 11) is 0. The maximum absolute atomic E-state index is 12.4. The molecule has 0 aliphatic rings. The topological polar surface area (TPSA) is 51.2 Å². The highest BCUT2D eigenvalue weighted by atomic mass is 32.1. The zero-order valence-corrected chi connectivity index (χ0v) is 20.9. The fourth-order valence-corrected chi connectivity index (χ4v) is 4.50. The zero-order chi connectivity index (χ0) is 24.1. The summed E-state index contributed by atoms with van der Waals surface area (Å²) in [6.07, 6.45) is 0. The van der Waals surface area contributed by atoms with Gasteiger partial charge in [0.1, 0.15) is 10.8 Å². The highest BCUT2D eigenvalue weighted by Gasteiger charge is 2.11. The molecule has 0 bridgehead atoms. The first-order valence-corrected chi connectivity index (χ1v) is 12.4. The van der Waals surface area contributed by atoms with Crippen molar-refractivity contribution in [2.75, 3.05) is 6.61 Å². The van der Waals surface area contributed by atoms with E-state index in [1.165, 1.54) is 5.56 Å². The first kappa shape index (κ1) is 23.7. The van der Waals surface area contributed by atoms with E-state index in [0.29, 0.717) is 12.5 Å². The Balaban J connectivity index is 1.32. The molecule has 0 aliphatic carbocycles. The van der Waals surface area contributed by atoms with Gasteiger partial charge in [-0.2, -0.15) is 0 Å². The molecule has 1 heterocycles. The Kier molecular flexibility index (Phi) is 7.43. The Bertz CT molecular complexity index is 1260. The second-order valence-electron chi connectivity index (χ2n) is 8.86. The molecule has 3 aromatic carbocycles. The van der Waals surface area contributed by atoms with E-state index in [0.717, 1.165) is 44.3 Å². The molecule has 0 saturated carbocycles. The summed E-state index contributed by atoms with van der Waals surface area (Å²) >= 11 is 1.64. The second kappa shape index (κ2) is 10.7. The van der Waals surface area contributed by atoms with E-state index in [4.69, 9.17) is 9.72 Å². The van der Waals surface area contributed by atoms with E-state index in [2.05, 4.69) is 80.0 Å². The summed E-state index contributed by atoms with van der Waals surface area (Å²) in [4.78, 5) is 17.2. The number of rotatable bonds is 8. The Hall–Kier alpha value is -3.44. The molecule has 0 spiro atoms. The minimum Gasteiger partial charge on any atom is -0.483 e. The lowest BCUT2D eigenvalue weighted by Gasteiger charge is -2.15. The number of aryl methyl sites for hydroxylation is 2. The van der Waals surface area contributed by atoms with Crippen molar-refractivity contribution in [2.45, 2.75) is 40.2 Å². The number of nitrogens with one attached hydrogen (secondary N) is 1. The minimum atomic E-state index is -0.136. The van der Waals surface area contributed by atoms with Gasteiger partial charge in [-0.15, -0.1) is 11.3 Å². The van der Waals surface area contributed by atoms with E-state index in [1.54, 1.807) is 11.3 Å². The first-order chi connectivity index (χ1) is 16.4. The van der Waals surface area contributed by atoms with Crippen molar-refractivity contribution in [3.05, 3.63) is 94.4 Å². The van der Waals surface area contributed by atoms with E-state index in [9.17, 15) is 4.79 Å². The third kappa shape index (κ3) is 5.91. The number of thiazole rings is 1. The van der Waals surface area contributed by atoms with Gasteiger partial charge in [-0.1, -0.05) is 80.1 Å². The van der Waals surface area contributed by atoms with Crippen LogP contribution in [0.3, 0.4) is 0 Å². The maximum atomic E-state index is 12.4. The van der Waals surface area contributed by atoms with Crippen molar-refractivity contribution < 1.29 is 9.53 Å². The van der Waals surface area contributed by atoms with Crippen LogP contribution in [-0.2, 0) is 11.3 Å². The van der Waals surface area contributed by atoms with Crippen LogP contribution >= 0.6 is 11.3 Å². The first-order valence-electron chi connectivity index (χ1n) is 11.5. The number of carbonyl (C=O) groups is 1. The monoisotopic (exact) mass is 470 g/mol. The Labute approximate surface area is 205 Å². The molecule has 4 rings (SSSR count). The van der Waals surface area contributed by atoms with E-state index < -0.39 is 0 Å². The van der Waals surface area contributed by atoms with Crippen LogP contribution in [0.4, 0.5) is 0 Å². The van der Waals surface area contributed by atoms with Gasteiger partial charge in [0.05, 0.1) is 5.69 Å². The van der Waals surface area contributed by atoms with Crippen LogP contribution in [0.1, 0.15) is 42.0 Å². The lowest BCUT2D eigenvalue weighted by atomic mass is 10.0. The molecule has 34 heavy (non-hydrogen) atoms. The number of hydrogen-bond donors (Lipinski definition) is 1. The van der Waals surface area contributed by atoms with Crippen molar-refractivity contribution >= 4 is 17.2 Å². The average molecular weight is 471 g/mol. The molecule has 174 valence electrons. The van der Waals surface area contributed by atoms with Crippen LogP contribution in [0, 0.1) is 13.8 Å². The smallest absolute Gasteiger partial charge is 0.258 e. The molecule has 0 radical (unpaired) electrons. The van der Waals surface area contributed by atoms with Gasteiger partial charge in [0.15, 0.2) is 6.61 Å². The summed E-state index contributed by atoms with van der Waals surface area (Å²) in [6.45, 7) is 8.81. The van der Waals surface area contributed by atoms with E-state index in [1.807, 2.05) is 25.1 Å². The van der Waals surface area contributed by atoms with Crippen LogP contribution in [0.2, 0.25) is 0 Å². The summed E-state index contributed by atoms with van der Waals surface area (Å²) in [5, 5.41) is 6.02. The van der Waals surface area contributed by atoms with Crippen molar-refractivity contribution in [1.82, 2.24) is 10.3 Å².